The third-order valence-electron chi connectivity index (χ3n) is 4.25. The summed E-state index contributed by atoms with van der Waals surface area (Å²) in [6.07, 6.45) is 2.22. The molecule has 5 nitrogen and oxygen atoms in total. The van der Waals surface area contributed by atoms with E-state index in [0.717, 1.165) is 12.8 Å². The van der Waals surface area contributed by atoms with Crippen LogP contribution in [0, 0.1) is 5.92 Å². The summed E-state index contributed by atoms with van der Waals surface area (Å²) < 4.78 is 5.28. The van der Waals surface area contributed by atoms with Crippen molar-refractivity contribution >= 4 is 40.7 Å². The average Bonchev–Trinajstić information content (AvgIpc) is 3.17. The highest BCUT2D eigenvalue weighted by atomic mass is 35.5. The van der Waals surface area contributed by atoms with Gasteiger partial charge in [-0.2, -0.15) is 0 Å². The topological polar surface area (TPSA) is 58.6 Å². The van der Waals surface area contributed by atoms with E-state index in [-0.39, 0.29) is 17.7 Å². The number of hydrogen-bond acceptors (Lipinski definition) is 3. The van der Waals surface area contributed by atoms with Crippen molar-refractivity contribution in [2.24, 2.45) is 5.92 Å². The fraction of sp³-hybridized carbons (Fsp3) is 0.500. The molecule has 7 heteroatoms. The summed E-state index contributed by atoms with van der Waals surface area (Å²) in [7, 11) is 0. The molecule has 1 aromatic carbocycles. The third-order valence-corrected chi connectivity index (χ3v) is 4.68. The maximum absolute atomic E-state index is 12.5. The largest absolute Gasteiger partial charge is 0.381 e. The standard InChI is InChI=1S/C16H18Cl2N2O3/c17-11-6-12(18)8-13(7-11)19-15(21)14-2-1-4-20(14)16(22)10-3-5-23-9-10/h6-8,10,14H,1-5,9H2,(H,19,21)/t10-,14+/m0/s1. The molecular formula is C16H18Cl2N2O3. The predicted octanol–water partition coefficient (Wildman–Crippen LogP) is 2.96. The molecule has 2 heterocycles. The molecule has 0 aromatic heterocycles. The van der Waals surface area contributed by atoms with Crippen LogP contribution in [-0.2, 0) is 14.3 Å². The molecule has 0 bridgehead atoms. The van der Waals surface area contributed by atoms with Crippen LogP contribution in [0.4, 0.5) is 5.69 Å². The van der Waals surface area contributed by atoms with E-state index >= 15 is 0 Å². The fourth-order valence-electron chi connectivity index (χ4n) is 3.12. The lowest BCUT2D eigenvalue weighted by Crippen LogP contribution is -2.45. The number of likely N-dealkylation sites (tertiary alicyclic amines) is 1. The number of benzene rings is 1. The Balaban J connectivity index is 1.69. The molecule has 0 aliphatic carbocycles. The van der Waals surface area contributed by atoms with Crippen LogP contribution in [0.25, 0.3) is 0 Å². The highest BCUT2D eigenvalue weighted by molar-refractivity contribution is 6.35. The lowest BCUT2D eigenvalue weighted by Gasteiger charge is -2.26. The van der Waals surface area contributed by atoms with Gasteiger partial charge >= 0.3 is 0 Å². The van der Waals surface area contributed by atoms with Crippen molar-refractivity contribution in [3.63, 3.8) is 0 Å². The number of nitrogens with one attached hydrogen (secondary N) is 1. The summed E-state index contributed by atoms with van der Waals surface area (Å²) in [4.78, 5) is 26.8. The molecule has 2 aliphatic rings. The van der Waals surface area contributed by atoms with Crippen molar-refractivity contribution in [2.45, 2.75) is 25.3 Å². The zero-order valence-electron chi connectivity index (χ0n) is 12.6. The van der Waals surface area contributed by atoms with Gasteiger partial charge in [-0.3, -0.25) is 9.59 Å². The molecule has 1 aromatic rings. The highest BCUT2D eigenvalue weighted by Crippen LogP contribution is 2.26. The Morgan fingerprint density at radius 2 is 1.91 bits per heavy atom. The summed E-state index contributed by atoms with van der Waals surface area (Å²) in [5.41, 5.74) is 0.538. The molecule has 0 spiro atoms. The normalized spacial score (nSPS) is 24.0. The van der Waals surface area contributed by atoms with Gasteiger partial charge in [0.25, 0.3) is 0 Å². The van der Waals surface area contributed by atoms with Gasteiger partial charge in [-0.25, -0.2) is 0 Å². The zero-order chi connectivity index (χ0) is 16.4. The Morgan fingerprint density at radius 3 is 2.57 bits per heavy atom. The minimum Gasteiger partial charge on any atom is -0.381 e. The summed E-state index contributed by atoms with van der Waals surface area (Å²) >= 11 is 11.9. The first-order chi connectivity index (χ1) is 11.0. The van der Waals surface area contributed by atoms with E-state index in [1.165, 1.54) is 0 Å². The minimum absolute atomic E-state index is 0.0178. The van der Waals surface area contributed by atoms with Crippen LogP contribution < -0.4 is 5.32 Å². The highest BCUT2D eigenvalue weighted by Gasteiger charge is 2.38. The lowest BCUT2D eigenvalue weighted by molar-refractivity contribution is -0.140. The lowest BCUT2D eigenvalue weighted by atomic mass is 10.1. The number of halogens is 2. The predicted molar refractivity (Wildman–Crippen MR) is 88.8 cm³/mol. The SMILES string of the molecule is O=C(Nc1cc(Cl)cc(Cl)c1)[C@H]1CCCN1C(=O)[C@H]1CCOC1. The van der Waals surface area contributed by atoms with Crippen LogP contribution in [0.3, 0.4) is 0 Å². The van der Waals surface area contributed by atoms with Gasteiger partial charge < -0.3 is 15.0 Å². The van der Waals surface area contributed by atoms with Crippen LogP contribution >= 0.6 is 23.2 Å². The molecule has 1 N–H and O–H groups in total. The summed E-state index contributed by atoms with van der Waals surface area (Å²) in [6, 6.07) is 4.43. The van der Waals surface area contributed by atoms with E-state index in [0.29, 0.717) is 41.9 Å². The van der Waals surface area contributed by atoms with Crippen molar-refractivity contribution in [3.8, 4) is 0 Å². The number of anilines is 1. The number of carbonyl (C=O) groups excluding carboxylic acids is 2. The number of amides is 2. The molecule has 124 valence electrons. The van der Waals surface area contributed by atoms with Gasteiger partial charge in [0.05, 0.1) is 12.5 Å². The van der Waals surface area contributed by atoms with Crippen molar-refractivity contribution in [1.82, 2.24) is 4.90 Å². The van der Waals surface area contributed by atoms with Gasteiger partial charge in [0, 0.05) is 28.9 Å². The molecule has 3 rings (SSSR count). The van der Waals surface area contributed by atoms with E-state index in [9.17, 15) is 9.59 Å². The number of ether oxygens (including phenoxy) is 1. The summed E-state index contributed by atoms with van der Waals surface area (Å²) in [6.45, 7) is 1.68. The van der Waals surface area contributed by atoms with E-state index < -0.39 is 6.04 Å². The van der Waals surface area contributed by atoms with Crippen LogP contribution in [0.1, 0.15) is 19.3 Å². The Labute approximate surface area is 144 Å². The van der Waals surface area contributed by atoms with Gasteiger partial charge in [-0.1, -0.05) is 23.2 Å². The fourth-order valence-corrected chi connectivity index (χ4v) is 3.64. The molecule has 2 saturated heterocycles. The third kappa shape index (κ3) is 3.79. The van der Waals surface area contributed by atoms with Crippen molar-refractivity contribution < 1.29 is 14.3 Å². The molecule has 0 saturated carbocycles. The van der Waals surface area contributed by atoms with Crippen molar-refractivity contribution in [1.29, 1.82) is 0 Å². The molecule has 2 amide bonds. The molecule has 2 aliphatic heterocycles. The van der Waals surface area contributed by atoms with Gasteiger partial charge in [-0.05, 0) is 37.5 Å². The first-order valence-electron chi connectivity index (χ1n) is 7.70. The van der Waals surface area contributed by atoms with E-state index in [1.807, 2.05) is 0 Å². The van der Waals surface area contributed by atoms with Gasteiger partial charge in [-0.15, -0.1) is 0 Å². The Hall–Kier alpha value is -1.30. The molecule has 0 radical (unpaired) electrons. The molecule has 2 atom stereocenters. The van der Waals surface area contributed by atoms with Crippen LogP contribution in [0.5, 0.6) is 0 Å². The second kappa shape index (κ2) is 7.07. The maximum Gasteiger partial charge on any atom is 0.247 e. The molecular weight excluding hydrogens is 339 g/mol. The van der Waals surface area contributed by atoms with E-state index in [1.54, 1.807) is 23.1 Å². The summed E-state index contributed by atoms with van der Waals surface area (Å²) in [5, 5.41) is 3.72. The first kappa shape index (κ1) is 16.6. The number of nitrogens with zero attached hydrogens (tertiary/aromatic N) is 1. The quantitative estimate of drug-likeness (QED) is 0.905. The van der Waals surface area contributed by atoms with Crippen molar-refractivity contribution in [3.05, 3.63) is 28.2 Å². The maximum atomic E-state index is 12.5. The van der Waals surface area contributed by atoms with E-state index in [4.69, 9.17) is 27.9 Å². The zero-order valence-corrected chi connectivity index (χ0v) is 14.1. The Kier molecular flexibility index (Phi) is 5.09. The monoisotopic (exact) mass is 356 g/mol. The second-order valence-electron chi connectivity index (χ2n) is 5.90. The Bertz CT molecular complexity index is 597. The molecule has 2 fully saturated rings. The Morgan fingerprint density at radius 1 is 1.17 bits per heavy atom. The number of carbonyl (C=O) groups is 2. The molecule has 0 unspecified atom stereocenters. The van der Waals surface area contributed by atoms with Gasteiger partial charge in [0.2, 0.25) is 11.8 Å². The number of rotatable bonds is 3. The molecule has 23 heavy (non-hydrogen) atoms. The van der Waals surface area contributed by atoms with Crippen LogP contribution in [0.15, 0.2) is 18.2 Å². The van der Waals surface area contributed by atoms with Crippen LogP contribution in [0.2, 0.25) is 10.0 Å². The first-order valence-corrected chi connectivity index (χ1v) is 8.45. The minimum atomic E-state index is -0.444. The summed E-state index contributed by atoms with van der Waals surface area (Å²) in [5.74, 6) is -0.304. The van der Waals surface area contributed by atoms with E-state index in [2.05, 4.69) is 5.32 Å². The second-order valence-corrected chi connectivity index (χ2v) is 6.77. The average molecular weight is 357 g/mol. The number of hydrogen-bond donors (Lipinski definition) is 1. The van der Waals surface area contributed by atoms with Crippen molar-refractivity contribution in [2.75, 3.05) is 25.1 Å². The van der Waals surface area contributed by atoms with Gasteiger partial charge in [0.15, 0.2) is 0 Å². The smallest absolute Gasteiger partial charge is 0.247 e. The van der Waals surface area contributed by atoms with Crippen LogP contribution in [-0.4, -0.2) is 42.5 Å². The van der Waals surface area contributed by atoms with Gasteiger partial charge in [0.1, 0.15) is 6.04 Å².